The number of ether oxygens (including phenoxy) is 2. The molecule has 11 nitrogen and oxygen atoms in total. The van der Waals surface area contributed by atoms with E-state index in [0.29, 0.717) is 25.7 Å². The summed E-state index contributed by atoms with van der Waals surface area (Å²) in [7, 11) is -0.689. The van der Waals surface area contributed by atoms with Crippen LogP contribution >= 0.6 is 8.46 Å². The van der Waals surface area contributed by atoms with Crippen molar-refractivity contribution in [2.45, 2.75) is 64.6 Å². The fourth-order valence-corrected chi connectivity index (χ4v) is 4.53. The maximum atomic E-state index is 12.2. The molecule has 1 aliphatic carbocycles. The van der Waals surface area contributed by atoms with Crippen LogP contribution in [0.15, 0.2) is 0 Å². The molecule has 0 bridgehead atoms. The van der Waals surface area contributed by atoms with Crippen LogP contribution in [0.3, 0.4) is 0 Å². The Kier molecular flexibility index (Phi) is 10.3. The van der Waals surface area contributed by atoms with Crippen molar-refractivity contribution in [3.63, 3.8) is 0 Å². The lowest BCUT2D eigenvalue weighted by atomic mass is 9.78. The predicted octanol–water partition coefficient (Wildman–Crippen LogP) is 1.49. The molecule has 4 N–H and O–H groups in total. The normalized spacial score (nSPS) is 23.3. The highest BCUT2D eigenvalue weighted by Gasteiger charge is 2.52. The van der Waals surface area contributed by atoms with E-state index in [2.05, 4.69) is 10.6 Å². The van der Waals surface area contributed by atoms with Gasteiger partial charge in [-0.15, -0.1) is 0 Å². The molecule has 6 atom stereocenters. The van der Waals surface area contributed by atoms with E-state index in [1.54, 1.807) is 13.8 Å². The summed E-state index contributed by atoms with van der Waals surface area (Å²) < 4.78 is 21.9. The Labute approximate surface area is 182 Å². The second kappa shape index (κ2) is 12.0. The third-order valence-corrected chi connectivity index (χ3v) is 6.53. The van der Waals surface area contributed by atoms with Gasteiger partial charge in [-0.25, -0.2) is 4.79 Å². The molecule has 1 aliphatic rings. The van der Waals surface area contributed by atoms with E-state index in [1.807, 2.05) is 0 Å². The molecule has 0 spiro atoms. The van der Waals surface area contributed by atoms with E-state index < -0.39 is 67.8 Å². The smallest absolute Gasteiger partial charge is 0.410 e. The van der Waals surface area contributed by atoms with Gasteiger partial charge in [0.05, 0.1) is 17.9 Å². The van der Waals surface area contributed by atoms with Crippen LogP contribution in [0.2, 0.25) is 0 Å². The van der Waals surface area contributed by atoms with Crippen molar-refractivity contribution in [2.75, 3.05) is 6.54 Å². The number of carbonyl (C=O) groups excluding carboxylic acids is 3. The molecule has 0 aromatic rings. The Hall–Kier alpha value is -2.26. The number of nitrogens with one attached hydrogen (secondary N) is 2. The van der Waals surface area contributed by atoms with Crippen molar-refractivity contribution in [1.29, 1.82) is 0 Å². The molecule has 12 heteroatoms. The topological polar surface area (TPSA) is 168 Å². The van der Waals surface area contributed by atoms with Gasteiger partial charge < -0.3 is 30.3 Å². The van der Waals surface area contributed by atoms with Crippen molar-refractivity contribution in [1.82, 2.24) is 10.6 Å². The number of carboxylic acid groups (broad SMARTS) is 1. The van der Waals surface area contributed by atoms with Gasteiger partial charge in [0.2, 0.25) is 12.7 Å². The summed E-state index contributed by atoms with van der Waals surface area (Å²) in [6.45, 7) is 5.89. The van der Waals surface area contributed by atoms with Gasteiger partial charge in [0.1, 0.15) is 0 Å². The van der Waals surface area contributed by atoms with E-state index in [0.717, 1.165) is 0 Å². The summed E-state index contributed by atoms with van der Waals surface area (Å²) in [5, 5.41) is 23.5. The van der Waals surface area contributed by atoms with Gasteiger partial charge in [-0.05, 0) is 25.7 Å². The molecule has 1 fully saturated rings. The number of hydrogen-bond acceptors (Lipinski definition) is 8. The molecule has 6 unspecified atom stereocenters. The van der Waals surface area contributed by atoms with Gasteiger partial charge in [-0.2, -0.15) is 0 Å². The van der Waals surface area contributed by atoms with Gasteiger partial charge in [0, 0.05) is 19.4 Å². The van der Waals surface area contributed by atoms with Gasteiger partial charge in [0.15, 0.2) is 13.8 Å². The quantitative estimate of drug-likeness (QED) is 0.145. The van der Waals surface area contributed by atoms with Gasteiger partial charge in [-0.1, -0.05) is 20.3 Å². The lowest BCUT2D eigenvalue weighted by Gasteiger charge is -2.38. The molecule has 0 aliphatic heterocycles. The molecule has 0 radical (unpaired) electrons. The maximum Gasteiger partial charge on any atom is 0.410 e. The average molecular weight is 462 g/mol. The van der Waals surface area contributed by atoms with E-state index in [4.69, 9.17) is 9.47 Å². The number of hydrogen-bond donors (Lipinski definition) is 4. The first-order valence-corrected chi connectivity index (χ1v) is 10.9. The number of rotatable bonds is 12. The standard InChI is InChI=1S/C19H31N2O9P/c1-10(2)17(25)29-12(4)30-18(26)21-11(3)19(27,31-28)15-7-5-6-13(15)14(16(23)24)8-20-9-22/h9-15,27H,5-8H2,1-4H3,(H,20,22)(H,21,26)(H,23,24). The minimum atomic E-state index is -1.97. The first kappa shape index (κ1) is 26.8. The van der Waals surface area contributed by atoms with Crippen molar-refractivity contribution in [3.8, 4) is 0 Å². The van der Waals surface area contributed by atoms with Gasteiger partial charge >= 0.3 is 18.0 Å². The van der Waals surface area contributed by atoms with Gasteiger partial charge in [0.25, 0.3) is 0 Å². The van der Waals surface area contributed by atoms with Crippen LogP contribution in [-0.2, 0) is 28.4 Å². The minimum absolute atomic E-state index is 0.131. The third kappa shape index (κ3) is 7.14. The number of carboxylic acids is 1. The molecule has 0 heterocycles. The van der Waals surface area contributed by atoms with E-state index in [-0.39, 0.29) is 6.54 Å². The van der Waals surface area contributed by atoms with Crippen LogP contribution in [-0.4, -0.2) is 58.9 Å². The number of alkyl carbamates (subject to hydrolysis) is 1. The molecule has 0 aromatic heterocycles. The molecule has 1 saturated carbocycles. The first-order valence-electron chi connectivity index (χ1n) is 10.1. The van der Waals surface area contributed by atoms with E-state index in [1.165, 1.54) is 13.8 Å². The highest BCUT2D eigenvalue weighted by molar-refractivity contribution is 7.25. The molecule has 2 amide bonds. The highest BCUT2D eigenvalue weighted by atomic mass is 31.1. The van der Waals surface area contributed by atoms with Crippen LogP contribution < -0.4 is 10.6 Å². The Morgan fingerprint density at radius 3 is 2.35 bits per heavy atom. The summed E-state index contributed by atoms with van der Waals surface area (Å²) in [4.78, 5) is 46.1. The largest absolute Gasteiger partial charge is 0.481 e. The zero-order valence-electron chi connectivity index (χ0n) is 18.1. The summed E-state index contributed by atoms with van der Waals surface area (Å²) >= 11 is 0. The molecular weight excluding hydrogens is 431 g/mol. The monoisotopic (exact) mass is 462 g/mol. The number of aliphatic carboxylic acids is 1. The Balaban J connectivity index is 2.89. The SMILES string of the molecule is CC(OC(=O)NC(C)C(O)(P=O)C1CCCC1C(CNC=O)C(=O)O)OC(=O)C(C)C. The van der Waals surface area contributed by atoms with Crippen LogP contribution in [0.25, 0.3) is 0 Å². The van der Waals surface area contributed by atoms with Crippen molar-refractivity contribution < 1.29 is 43.4 Å². The number of aliphatic hydroxyl groups is 1. The molecule has 1 rings (SSSR count). The lowest BCUT2D eigenvalue weighted by Crippen LogP contribution is -2.54. The predicted molar refractivity (Wildman–Crippen MR) is 108 cm³/mol. The average Bonchev–Trinajstić information content (AvgIpc) is 3.16. The minimum Gasteiger partial charge on any atom is -0.481 e. The van der Waals surface area contributed by atoms with Crippen LogP contribution in [0, 0.1) is 23.7 Å². The lowest BCUT2D eigenvalue weighted by molar-refractivity contribution is -0.169. The van der Waals surface area contributed by atoms with Gasteiger partial charge in [-0.3, -0.25) is 18.9 Å². The number of amides is 2. The van der Waals surface area contributed by atoms with E-state index in [9.17, 15) is 34.0 Å². The summed E-state index contributed by atoms with van der Waals surface area (Å²) in [5.74, 6) is -4.37. The van der Waals surface area contributed by atoms with Crippen LogP contribution in [0.5, 0.6) is 0 Å². The summed E-state index contributed by atoms with van der Waals surface area (Å²) in [5.41, 5.74) is 0. The molecular formula is C19H31N2O9P. The first-order chi connectivity index (χ1) is 14.5. The highest BCUT2D eigenvalue weighted by Crippen LogP contribution is 2.48. The second-order valence-electron chi connectivity index (χ2n) is 7.98. The maximum absolute atomic E-state index is 12.2. The van der Waals surface area contributed by atoms with E-state index >= 15 is 0 Å². The zero-order chi connectivity index (χ0) is 23.8. The molecule has 31 heavy (non-hydrogen) atoms. The number of esters is 1. The number of carbonyl (C=O) groups is 4. The van der Waals surface area contributed by atoms with Crippen molar-refractivity contribution >= 4 is 32.9 Å². The Morgan fingerprint density at radius 1 is 1.19 bits per heavy atom. The van der Waals surface area contributed by atoms with Crippen LogP contribution in [0.1, 0.15) is 47.0 Å². The summed E-state index contributed by atoms with van der Waals surface area (Å²) in [6, 6.07) is -1.08. The van der Waals surface area contributed by atoms with Crippen LogP contribution in [0.4, 0.5) is 4.79 Å². The molecule has 176 valence electrons. The van der Waals surface area contributed by atoms with Crippen molar-refractivity contribution in [2.24, 2.45) is 23.7 Å². The third-order valence-electron chi connectivity index (χ3n) is 5.51. The fraction of sp³-hybridized carbons (Fsp3) is 0.789. The second-order valence-corrected chi connectivity index (χ2v) is 8.88. The Morgan fingerprint density at radius 2 is 1.84 bits per heavy atom. The fourth-order valence-electron chi connectivity index (χ4n) is 3.85. The zero-order valence-corrected chi connectivity index (χ0v) is 19.0. The van der Waals surface area contributed by atoms with Crippen molar-refractivity contribution in [3.05, 3.63) is 0 Å². The molecule has 0 saturated heterocycles. The Bertz CT molecular complexity index is 675. The summed E-state index contributed by atoms with van der Waals surface area (Å²) in [6.07, 6.45) is -0.331. The molecule has 0 aromatic carbocycles.